The van der Waals surface area contributed by atoms with Crippen LogP contribution in [0.1, 0.15) is 11.1 Å². The largest absolute Gasteiger partial charge is 0.378 e. The van der Waals surface area contributed by atoms with E-state index in [4.69, 9.17) is 5.10 Å². The zero-order valence-electron chi connectivity index (χ0n) is 17.2. The molecule has 1 heterocycles. The fraction of sp³-hybridized carbons (Fsp3) is 0.160. The van der Waals surface area contributed by atoms with E-state index in [1.807, 2.05) is 55.3 Å². The maximum absolute atomic E-state index is 13.4. The highest BCUT2D eigenvalue weighted by Gasteiger charge is 2.12. The van der Waals surface area contributed by atoms with Crippen LogP contribution in [0.3, 0.4) is 0 Å². The molecule has 0 bridgehead atoms. The van der Waals surface area contributed by atoms with Crippen molar-refractivity contribution in [1.82, 2.24) is 15.1 Å². The van der Waals surface area contributed by atoms with Crippen LogP contribution in [-0.2, 0) is 13.1 Å². The van der Waals surface area contributed by atoms with E-state index in [-0.39, 0.29) is 5.82 Å². The molecule has 30 heavy (non-hydrogen) atoms. The lowest BCUT2D eigenvalue weighted by Crippen LogP contribution is -2.13. The number of rotatable bonds is 7. The number of anilines is 1. The van der Waals surface area contributed by atoms with Crippen LogP contribution in [0.5, 0.6) is 0 Å². The molecule has 0 aliphatic heterocycles. The quantitative estimate of drug-likeness (QED) is 0.472. The van der Waals surface area contributed by atoms with Crippen LogP contribution in [0.25, 0.3) is 16.9 Å². The van der Waals surface area contributed by atoms with Gasteiger partial charge in [-0.3, -0.25) is 0 Å². The highest BCUT2D eigenvalue weighted by atomic mass is 19.1. The number of hydrogen-bond acceptors (Lipinski definition) is 3. The summed E-state index contributed by atoms with van der Waals surface area (Å²) in [6.45, 7) is 1.42. The molecule has 0 atom stereocenters. The molecule has 1 aromatic heterocycles. The van der Waals surface area contributed by atoms with Crippen molar-refractivity contribution in [1.29, 1.82) is 0 Å². The zero-order chi connectivity index (χ0) is 20.9. The van der Waals surface area contributed by atoms with Crippen LogP contribution in [0.15, 0.2) is 85.1 Å². The van der Waals surface area contributed by atoms with E-state index < -0.39 is 0 Å². The maximum Gasteiger partial charge on any atom is 0.123 e. The second kappa shape index (κ2) is 8.93. The van der Waals surface area contributed by atoms with E-state index >= 15 is 0 Å². The maximum atomic E-state index is 13.4. The van der Waals surface area contributed by atoms with Gasteiger partial charge in [0, 0.05) is 50.2 Å². The van der Waals surface area contributed by atoms with Crippen molar-refractivity contribution in [3.8, 4) is 16.9 Å². The molecule has 152 valence electrons. The summed E-state index contributed by atoms with van der Waals surface area (Å²) >= 11 is 0. The first kappa shape index (κ1) is 19.9. The van der Waals surface area contributed by atoms with Crippen LogP contribution in [0.4, 0.5) is 10.1 Å². The van der Waals surface area contributed by atoms with E-state index in [9.17, 15) is 4.39 Å². The first-order chi connectivity index (χ1) is 14.6. The fourth-order valence-electron chi connectivity index (χ4n) is 3.36. The van der Waals surface area contributed by atoms with E-state index in [2.05, 4.69) is 34.5 Å². The summed E-state index contributed by atoms with van der Waals surface area (Å²) in [6, 6.07) is 25.0. The first-order valence-electron chi connectivity index (χ1n) is 9.97. The number of aromatic nitrogens is 2. The van der Waals surface area contributed by atoms with Crippen molar-refractivity contribution < 1.29 is 4.39 Å². The van der Waals surface area contributed by atoms with Crippen molar-refractivity contribution in [2.75, 3.05) is 19.0 Å². The van der Waals surface area contributed by atoms with Crippen molar-refractivity contribution in [2.24, 2.45) is 0 Å². The molecule has 0 amide bonds. The van der Waals surface area contributed by atoms with E-state index in [0.717, 1.165) is 29.1 Å². The van der Waals surface area contributed by atoms with Crippen LogP contribution >= 0.6 is 0 Å². The van der Waals surface area contributed by atoms with E-state index in [1.165, 1.54) is 23.4 Å². The fourth-order valence-corrected chi connectivity index (χ4v) is 3.36. The molecule has 3 aromatic carbocycles. The molecule has 0 aliphatic rings. The molecule has 0 saturated heterocycles. The topological polar surface area (TPSA) is 33.1 Å². The molecule has 4 rings (SSSR count). The normalized spacial score (nSPS) is 10.9. The molecule has 0 unspecified atom stereocenters. The van der Waals surface area contributed by atoms with Gasteiger partial charge >= 0.3 is 0 Å². The number of halogens is 1. The lowest BCUT2D eigenvalue weighted by molar-refractivity contribution is 0.628. The van der Waals surface area contributed by atoms with E-state index in [0.29, 0.717) is 6.54 Å². The predicted octanol–water partition coefficient (Wildman–Crippen LogP) is 5.03. The lowest BCUT2D eigenvalue weighted by atomic mass is 10.1. The van der Waals surface area contributed by atoms with Gasteiger partial charge in [-0.05, 0) is 54.1 Å². The van der Waals surface area contributed by atoms with Gasteiger partial charge in [-0.15, -0.1) is 0 Å². The van der Waals surface area contributed by atoms with Gasteiger partial charge in [-0.25, -0.2) is 9.07 Å². The first-order valence-corrected chi connectivity index (χ1v) is 9.97. The van der Waals surface area contributed by atoms with Gasteiger partial charge < -0.3 is 10.2 Å². The third-order valence-corrected chi connectivity index (χ3v) is 5.03. The Morgan fingerprint density at radius 3 is 2.23 bits per heavy atom. The molecule has 0 fully saturated rings. The molecule has 4 aromatic rings. The Labute approximate surface area is 176 Å². The SMILES string of the molecule is CN(C)c1ccc(CNCc2cn(-c3ccccc3)nc2-c2ccc(F)cc2)cc1. The second-order valence-electron chi connectivity index (χ2n) is 7.45. The summed E-state index contributed by atoms with van der Waals surface area (Å²) in [6.07, 6.45) is 2.04. The van der Waals surface area contributed by atoms with Gasteiger partial charge in [0.2, 0.25) is 0 Å². The molecular formula is C25H25FN4. The van der Waals surface area contributed by atoms with Crippen LogP contribution < -0.4 is 10.2 Å². The molecule has 1 N–H and O–H groups in total. The average molecular weight is 401 g/mol. The molecule has 4 nitrogen and oxygen atoms in total. The third kappa shape index (κ3) is 4.58. The van der Waals surface area contributed by atoms with Gasteiger partial charge in [-0.1, -0.05) is 30.3 Å². The van der Waals surface area contributed by atoms with Gasteiger partial charge in [0.1, 0.15) is 5.82 Å². The molecular weight excluding hydrogens is 375 g/mol. The number of nitrogens with one attached hydrogen (secondary N) is 1. The van der Waals surface area contributed by atoms with Gasteiger partial charge in [0.05, 0.1) is 11.4 Å². The van der Waals surface area contributed by atoms with Crippen LogP contribution in [-0.4, -0.2) is 23.9 Å². The molecule has 5 heteroatoms. The number of nitrogens with zero attached hydrogens (tertiary/aromatic N) is 3. The predicted molar refractivity (Wildman–Crippen MR) is 120 cm³/mol. The Morgan fingerprint density at radius 1 is 0.867 bits per heavy atom. The molecule has 0 spiro atoms. The zero-order valence-corrected chi connectivity index (χ0v) is 17.2. The van der Waals surface area contributed by atoms with E-state index in [1.54, 1.807) is 12.1 Å². The van der Waals surface area contributed by atoms with Crippen molar-refractivity contribution in [2.45, 2.75) is 13.1 Å². The summed E-state index contributed by atoms with van der Waals surface area (Å²) in [5, 5.41) is 8.30. The second-order valence-corrected chi connectivity index (χ2v) is 7.45. The molecule has 0 saturated carbocycles. The van der Waals surface area contributed by atoms with Gasteiger partial charge in [-0.2, -0.15) is 5.10 Å². The Morgan fingerprint density at radius 2 is 1.57 bits per heavy atom. The Hall–Kier alpha value is -3.44. The summed E-state index contributed by atoms with van der Waals surface area (Å²) in [5.41, 5.74) is 6.22. The lowest BCUT2D eigenvalue weighted by Gasteiger charge is -2.13. The standard InChI is InChI=1S/C25H25FN4/c1-29(2)23-14-8-19(9-15-23)16-27-17-21-18-30(24-6-4-3-5-7-24)28-25(21)20-10-12-22(26)13-11-20/h3-15,18,27H,16-17H2,1-2H3. The minimum Gasteiger partial charge on any atom is -0.378 e. The van der Waals surface area contributed by atoms with Crippen molar-refractivity contribution in [3.05, 3.63) is 102 Å². The highest BCUT2D eigenvalue weighted by molar-refractivity contribution is 5.63. The van der Waals surface area contributed by atoms with Crippen LogP contribution in [0.2, 0.25) is 0 Å². The smallest absolute Gasteiger partial charge is 0.123 e. The summed E-state index contributed by atoms with van der Waals surface area (Å²) in [7, 11) is 4.07. The Balaban J connectivity index is 1.54. The van der Waals surface area contributed by atoms with Crippen LogP contribution in [0, 0.1) is 5.82 Å². The average Bonchev–Trinajstić information content (AvgIpc) is 3.19. The Bertz CT molecular complexity index is 1080. The Kier molecular flexibility index (Phi) is 5.91. The number of benzene rings is 3. The van der Waals surface area contributed by atoms with Gasteiger partial charge in [0.15, 0.2) is 0 Å². The number of hydrogen-bond donors (Lipinski definition) is 1. The van der Waals surface area contributed by atoms with Gasteiger partial charge in [0.25, 0.3) is 0 Å². The minimum atomic E-state index is -0.248. The third-order valence-electron chi connectivity index (χ3n) is 5.03. The molecule has 0 aliphatic carbocycles. The van der Waals surface area contributed by atoms with Crippen molar-refractivity contribution >= 4 is 5.69 Å². The van der Waals surface area contributed by atoms with Crippen molar-refractivity contribution in [3.63, 3.8) is 0 Å². The summed E-state index contributed by atoms with van der Waals surface area (Å²) < 4.78 is 15.3. The monoisotopic (exact) mass is 400 g/mol. The summed E-state index contributed by atoms with van der Waals surface area (Å²) in [4.78, 5) is 2.09. The molecule has 0 radical (unpaired) electrons. The minimum absolute atomic E-state index is 0.248. The number of para-hydroxylation sites is 1. The highest BCUT2D eigenvalue weighted by Crippen LogP contribution is 2.24. The summed E-state index contributed by atoms with van der Waals surface area (Å²) in [5.74, 6) is -0.248.